The molecular weight excluding hydrogens is 328 g/mol. The molecule has 1 unspecified atom stereocenters. The van der Waals surface area contributed by atoms with Crippen molar-refractivity contribution in [2.75, 3.05) is 25.9 Å². The van der Waals surface area contributed by atoms with Crippen molar-refractivity contribution in [2.45, 2.75) is 25.6 Å². The third-order valence-corrected chi connectivity index (χ3v) is 4.52. The Hall–Kier alpha value is -2.32. The van der Waals surface area contributed by atoms with Crippen LogP contribution in [0, 0.1) is 11.6 Å². The molecule has 1 aliphatic rings. The first-order valence-corrected chi connectivity index (χ1v) is 8.13. The summed E-state index contributed by atoms with van der Waals surface area (Å²) >= 11 is 0. The molecule has 25 heavy (non-hydrogen) atoms. The van der Waals surface area contributed by atoms with Crippen LogP contribution < -0.4 is 11.3 Å². The molecular formula is C17H21F2N5O. The van der Waals surface area contributed by atoms with Crippen molar-refractivity contribution in [3.8, 4) is 0 Å². The van der Waals surface area contributed by atoms with Crippen molar-refractivity contribution in [1.82, 2.24) is 19.8 Å². The lowest BCUT2D eigenvalue weighted by molar-refractivity contribution is 0.219. The van der Waals surface area contributed by atoms with Crippen molar-refractivity contribution < 1.29 is 8.78 Å². The molecule has 0 saturated carbocycles. The van der Waals surface area contributed by atoms with Crippen LogP contribution in [0.5, 0.6) is 0 Å². The van der Waals surface area contributed by atoms with Gasteiger partial charge in [0, 0.05) is 43.9 Å². The minimum absolute atomic E-state index is 0.102. The summed E-state index contributed by atoms with van der Waals surface area (Å²) in [5, 5.41) is 0. The highest BCUT2D eigenvalue weighted by atomic mass is 19.2. The van der Waals surface area contributed by atoms with E-state index in [4.69, 9.17) is 5.73 Å². The Kier molecular flexibility index (Phi) is 5.10. The van der Waals surface area contributed by atoms with E-state index >= 15 is 0 Å². The first-order chi connectivity index (χ1) is 11.9. The number of likely N-dealkylation sites (tertiary alicyclic amines) is 1. The third kappa shape index (κ3) is 4.21. The van der Waals surface area contributed by atoms with Gasteiger partial charge in [-0.25, -0.2) is 13.8 Å². The lowest BCUT2D eigenvalue weighted by Crippen LogP contribution is -2.34. The number of hydrogen-bond acceptors (Lipinski definition) is 5. The second kappa shape index (κ2) is 7.28. The van der Waals surface area contributed by atoms with Crippen molar-refractivity contribution in [2.24, 2.45) is 0 Å². The molecule has 1 aromatic heterocycles. The van der Waals surface area contributed by atoms with Gasteiger partial charge in [0.15, 0.2) is 11.6 Å². The quantitative estimate of drug-likeness (QED) is 0.852. The second-order valence-electron chi connectivity index (χ2n) is 6.43. The number of aromatic amines is 1. The van der Waals surface area contributed by atoms with Gasteiger partial charge in [-0.3, -0.25) is 19.6 Å². The molecule has 0 bridgehead atoms. The van der Waals surface area contributed by atoms with Gasteiger partial charge in [0.2, 0.25) is 5.95 Å². The van der Waals surface area contributed by atoms with Gasteiger partial charge < -0.3 is 5.73 Å². The van der Waals surface area contributed by atoms with Crippen LogP contribution >= 0.6 is 0 Å². The summed E-state index contributed by atoms with van der Waals surface area (Å²) in [5.41, 5.74) is 6.27. The molecule has 0 aliphatic carbocycles. The molecule has 0 radical (unpaired) electrons. The molecule has 8 heteroatoms. The monoisotopic (exact) mass is 349 g/mol. The number of likely N-dealkylation sites (N-methyl/N-ethyl adjacent to an activating group) is 1. The van der Waals surface area contributed by atoms with Gasteiger partial charge in [0.1, 0.15) is 0 Å². The molecule has 2 heterocycles. The molecule has 2 aromatic rings. The molecule has 0 amide bonds. The zero-order valence-corrected chi connectivity index (χ0v) is 14.0. The van der Waals surface area contributed by atoms with Crippen LogP contribution in [-0.4, -0.2) is 45.9 Å². The summed E-state index contributed by atoms with van der Waals surface area (Å²) in [5.74, 6) is -1.49. The van der Waals surface area contributed by atoms with Crippen molar-refractivity contribution >= 4 is 5.95 Å². The number of H-pyrrole nitrogens is 1. The fourth-order valence-electron chi connectivity index (χ4n) is 3.22. The normalized spacial score (nSPS) is 18.2. The summed E-state index contributed by atoms with van der Waals surface area (Å²) in [6, 6.07) is 5.94. The average Bonchev–Trinajstić information content (AvgIpc) is 2.99. The topological polar surface area (TPSA) is 78.2 Å². The number of benzene rings is 1. The summed E-state index contributed by atoms with van der Waals surface area (Å²) < 4.78 is 27.1. The lowest BCUT2D eigenvalue weighted by Gasteiger charge is -2.24. The largest absolute Gasteiger partial charge is 0.369 e. The Morgan fingerprint density at radius 2 is 2.24 bits per heavy atom. The molecule has 1 fully saturated rings. The van der Waals surface area contributed by atoms with E-state index in [-0.39, 0.29) is 17.5 Å². The minimum Gasteiger partial charge on any atom is -0.369 e. The molecule has 0 spiro atoms. The number of nitrogens with two attached hydrogens (primary N) is 1. The molecule has 1 aliphatic heterocycles. The molecule has 134 valence electrons. The van der Waals surface area contributed by atoms with E-state index in [0.29, 0.717) is 24.3 Å². The van der Waals surface area contributed by atoms with Gasteiger partial charge >= 0.3 is 0 Å². The number of anilines is 1. The Balaban J connectivity index is 1.60. The zero-order chi connectivity index (χ0) is 18.0. The standard InChI is InChI=1S/C17H21F2N5O/c1-23(9-12-7-15(25)22-17(20)21-12)13-5-6-24(10-13)8-11-3-2-4-14(18)16(11)19/h2-4,7,13H,5-6,8-10H2,1H3,(H3,20,21,22,25). The predicted molar refractivity (Wildman–Crippen MR) is 90.8 cm³/mol. The average molecular weight is 349 g/mol. The van der Waals surface area contributed by atoms with Crippen LogP contribution in [0.25, 0.3) is 0 Å². The third-order valence-electron chi connectivity index (χ3n) is 4.52. The maximum atomic E-state index is 13.8. The predicted octanol–water partition coefficient (Wildman–Crippen LogP) is 1.34. The fraction of sp³-hybridized carbons (Fsp3) is 0.412. The van der Waals surface area contributed by atoms with Gasteiger partial charge in [-0.05, 0) is 19.5 Å². The number of nitrogens with one attached hydrogen (secondary N) is 1. The maximum Gasteiger partial charge on any atom is 0.252 e. The van der Waals surface area contributed by atoms with E-state index in [1.165, 1.54) is 12.1 Å². The highest BCUT2D eigenvalue weighted by Gasteiger charge is 2.26. The number of halogens is 2. The Morgan fingerprint density at radius 3 is 3.00 bits per heavy atom. The van der Waals surface area contributed by atoms with Crippen LogP contribution in [0.1, 0.15) is 17.7 Å². The highest BCUT2D eigenvalue weighted by Crippen LogP contribution is 2.20. The Bertz CT molecular complexity index is 810. The summed E-state index contributed by atoms with van der Waals surface area (Å²) in [6.07, 6.45) is 0.909. The number of hydrogen-bond donors (Lipinski definition) is 2. The SMILES string of the molecule is CN(Cc1cc(=O)[nH]c(N)n1)C1CCN(Cc2cccc(F)c2F)C1. The number of nitrogen functional groups attached to an aromatic ring is 1. The van der Waals surface area contributed by atoms with Crippen LogP contribution in [0.4, 0.5) is 14.7 Å². The summed E-state index contributed by atoms with van der Waals surface area (Å²) in [6.45, 7) is 2.42. The van der Waals surface area contributed by atoms with Gasteiger partial charge in [0.25, 0.3) is 5.56 Å². The molecule has 3 rings (SSSR count). The molecule has 6 nitrogen and oxygen atoms in total. The van der Waals surface area contributed by atoms with Gasteiger partial charge in [-0.1, -0.05) is 12.1 Å². The molecule has 1 saturated heterocycles. The van der Waals surface area contributed by atoms with E-state index in [1.54, 1.807) is 6.07 Å². The van der Waals surface area contributed by atoms with Crippen LogP contribution in [0.3, 0.4) is 0 Å². The van der Waals surface area contributed by atoms with Crippen molar-refractivity contribution in [3.63, 3.8) is 0 Å². The second-order valence-corrected chi connectivity index (χ2v) is 6.43. The number of aromatic nitrogens is 2. The van der Waals surface area contributed by atoms with Crippen molar-refractivity contribution in [1.29, 1.82) is 0 Å². The van der Waals surface area contributed by atoms with E-state index in [1.807, 2.05) is 7.05 Å². The molecule has 3 N–H and O–H groups in total. The number of rotatable bonds is 5. The van der Waals surface area contributed by atoms with E-state index in [2.05, 4.69) is 19.8 Å². The maximum absolute atomic E-state index is 13.8. The first-order valence-electron chi connectivity index (χ1n) is 8.13. The lowest BCUT2D eigenvalue weighted by atomic mass is 10.2. The molecule has 1 atom stereocenters. The molecule has 1 aromatic carbocycles. The fourth-order valence-corrected chi connectivity index (χ4v) is 3.22. The van der Waals surface area contributed by atoms with Crippen LogP contribution in [0.15, 0.2) is 29.1 Å². The van der Waals surface area contributed by atoms with Crippen molar-refractivity contribution in [3.05, 3.63) is 57.5 Å². The van der Waals surface area contributed by atoms with Crippen LogP contribution in [-0.2, 0) is 13.1 Å². The Labute approximate surface area is 144 Å². The highest BCUT2D eigenvalue weighted by molar-refractivity contribution is 5.19. The first kappa shape index (κ1) is 17.5. The van der Waals surface area contributed by atoms with E-state index < -0.39 is 11.6 Å². The summed E-state index contributed by atoms with van der Waals surface area (Å²) in [7, 11) is 1.95. The smallest absolute Gasteiger partial charge is 0.252 e. The Morgan fingerprint density at radius 1 is 1.44 bits per heavy atom. The van der Waals surface area contributed by atoms with Gasteiger partial charge in [-0.2, -0.15) is 0 Å². The van der Waals surface area contributed by atoms with E-state index in [9.17, 15) is 13.6 Å². The zero-order valence-electron chi connectivity index (χ0n) is 14.0. The number of nitrogens with zero attached hydrogens (tertiary/aromatic N) is 3. The van der Waals surface area contributed by atoms with Gasteiger partial charge in [0.05, 0.1) is 5.69 Å². The van der Waals surface area contributed by atoms with Gasteiger partial charge in [-0.15, -0.1) is 0 Å². The van der Waals surface area contributed by atoms with Crippen LogP contribution in [0.2, 0.25) is 0 Å². The summed E-state index contributed by atoms with van der Waals surface area (Å²) in [4.78, 5) is 22.2. The van der Waals surface area contributed by atoms with E-state index in [0.717, 1.165) is 25.6 Å². The minimum atomic E-state index is -0.816.